The number of aromatic nitrogens is 1. The fourth-order valence-electron chi connectivity index (χ4n) is 2.47. The second-order valence-electron chi connectivity index (χ2n) is 5.71. The number of ether oxygens (including phenoxy) is 2. The summed E-state index contributed by atoms with van der Waals surface area (Å²) in [5, 5.41) is 5.79. The Hall–Kier alpha value is -2.51. The largest absolute Gasteiger partial charge is 0.493 e. The molecule has 0 spiro atoms. The molecule has 1 N–H and O–H groups in total. The van der Waals surface area contributed by atoms with Gasteiger partial charge in [-0.25, -0.2) is 4.98 Å². The van der Waals surface area contributed by atoms with E-state index in [1.807, 2.05) is 42.5 Å². The minimum Gasteiger partial charge on any atom is -0.493 e. The Balaban J connectivity index is 1.65. The summed E-state index contributed by atoms with van der Waals surface area (Å²) in [6.07, 6.45) is 0. The highest BCUT2D eigenvalue weighted by molar-refractivity contribution is 7.98. The van der Waals surface area contributed by atoms with Gasteiger partial charge in [0, 0.05) is 34.2 Å². The van der Waals surface area contributed by atoms with Gasteiger partial charge in [0.05, 0.1) is 19.9 Å². The van der Waals surface area contributed by atoms with Crippen molar-refractivity contribution >= 4 is 34.7 Å². The minimum atomic E-state index is -0.0689. The molecule has 140 valence electrons. The SMILES string of the molecule is COc1ccc(-c2nc(CSc3ccc(NC(C)=O)cc3)cs2)cc1OC. The molecular formula is C20H20N2O3S2. The molecule has 0 aliphatic heterocycles. The topological polar surface area (TPSA) is 60.5 Å². The number of carbonyl (C=O) groups is 1. The van der Waals surface area contributed by atoms with E-state index in [0.29, 0.717) is 11.5 Å². The fraction of sp³-hybridized carbons (Fsp3) is 0.200. The molecule has 0 radical (unpaired) electrons. The highest BCUT2D eigenvalue weighted by Crippen LogP contribution is 2.34. The zero-order valence-corrected chi connectivity index (χ0v) is 16.9. The van der Waals surface area contributed by atoms with Crippen LogP contribution in [0.4, 0.5) is 5.69 Å². The van der Waals surface area contributed by atoms with Crippen molar-refractivity contribution in [1.29, 1.82) is 0 Å². The van der Waals surface area contributed by atoms with Gasteiger partial charge in [0.25, 0.3) is 0 Å². The average Bonchev–Trinajstić information content (AvgIpc) is 3.15. The van der Waals surface area contributed by atoms with Crippen LogP contribution in [0, 0.1) is 0 Å². The molecule has 0 aliphatic carbocycles. The second kappa shape index (κ2) is 8.92. The number of thioether (sulfide) groups is 1. The number of methoxy groups -OCH3 is 2. The monoisotopic (exact) mass is 400 g/mol. The molecule has 3 rings (SSSR count). The van der Waals surface area contributed by atoms with Gasteiger partial charge in [-0.05, 0) is 42.5 Å². The van der Waals surface area contributed by atoms with Crippen molar-refractivity contribution in [3.63, 3.8) is 0 Å². The van der Waals surface area contributed by atoms with E-state index < -0.39 is 0 Å². The molecule has 0 unspecified atom stereocenters. The predicted octanol–water partition coefficient (Wildman–Crippen LogP) is 5.08. The van der Waals surface area contributed by atoms with Crippen LogP contribution in [-0.2, 0) is 10.5 Å². The zero-order chi connectivity index (χ0) is 19.2. The van der Waals surface area contributed by atoms with Gasteiger partial charge in [0.15, 0.2) is 11.5 Å². The van der Waals surface area contributed by atoms with Gasteiger partial charge in [0.2, 0.25) is 5.91 Å². The summed E-state index contributed by atoms with van der Waals surface area (Å²) in [6.45, 7) is 1.50. The molecule has 1 heterocycles. The number of benzene rings is 2. The van der Waals surface area contributed by atoms with Gasteiger partial charge >= 0.3 is 0 Å². The summed E-state index contributed by atoms with van der Waals surface area (Å²) >= 11 is 3.32. The third-order valence-electron chi connectivity index (χ3n) is 3.74. The lowest BCUT2D eigenvalue weighted by molar-refractivity contribution is -0.114. The van der Waals surface area contributed by atoms with Crippen molar-refractivity contribution in [3.8, 4) is 22.1 Å². The van der Waals surface area contributed by atoms with Gasteiger partial charge in [-0.15, -0.1) is 23.1 Å². The van der Waals surface area contributed by atoms with E-state index in [2.05, 4.69) is 10.7 Å². The highest BCUT2D eigenvalue weighted by Gasteiger charge is 2.10. The Morgan fingerprint density at radius 2 is 1.85 bits per heavy atom. The van der Waals surface area contributed by atoms with E-state index >= 15 is 0 Å². The summed E-state index contributed by atoms with van der Waals surface area (Å²) < 4.78 is 10.6. The van der Waals surface area contributed by atoms with Crippen molar-refractivity contribution < 1.29 is 14.3 Å². The number of nitrogens with zero attached hydrogens (tertiary/aromatic N) is 1. The van der Waals surface area contributed by atoms with Crippen LogP contribution < -0.4 is 14.8 Å². The Kier molecular flexibility index (Phi) is 6.36. The van der Waals surface area contributed by atoms with Crippen LogP contribution in [0.25, 0.3) is 10.6 Å². The van der Waals surface area contributed by atoms with Crippen molar-refractivity contribution in [2.45, 2.75) is 17.6 Å². The standard InChI is InChI=1S/C20H20N2O3S2/c1-13(23)21-15-5-7-17(8-6-15)26-11-16-12-27-20(22-16)14-4-9-18(24-2)19(10-14)25-3/h4-10,12H,11H2,1-3H3,(H,21,23). The summed E-state index contributed by atoms with van der Waals surface area (Å²) in [5.41, 5.74) is 2.84. The van der Waals surface area contributed by atoms with E-state index in [0.717, 1.165) is 32.6 Å². The molecular weight excluding hydrogens is 380 g/mol. The zero-order valence-electron chi connectivity index (χ0n) is 15.3. The third-order valence-corrected chi connectivity index (χ3v) is 5.73. The first-order valence-corrected chi connectivity index (χ1v) is 10.1. The molecule has 2 aromatic carbocycles. The van der Waals surface area contributed by atoms with Crippen molar-refractivity contribution in [2.24, 2.45) is 0 Å². The molecule has 0 bridgehead atoms. The maximum Gasteiger partial charge on any atom is 0.221 e. The molecule has 0 aliphatic rings. The highest BCUT2D eigenvalue weighted by atomic mass is 32.2. The van der Waals surface area contributed by atoms with Crippen LogP contribution in [0.1, 0.15) is 12.6 Å². The van der Waals surface area contributed by atoms with Crippen LogP contribution in [-0.4, -0.2) is 25.1 Å². The third kappa shape index (κ3) is 5.02. The average molecular weight is 401 g/mol. The van der Waals surface area contributed by atoms with E-state index in [1.54, 1.807) is 37.3 Å². The molecule has 1 amide bonds. The van der Waals surface area contributed by atoms with Crippen molar-refractivity contribution in [2.75, 3.05) is 19.5 Å². The molecule has 0 atom stereocenters. The maximum absolute atomic E-state index is 11.1. The number of anilines is 1. The molecule has 0 saturated heterocycles. The van der Waals surface area contributed by atoms with Crippen molar-refractivity contribution in [3.05, 3.63) is 53.5 Å². The van der Waals surface area contributed by atoms with Crippen LogP contribution in [0.5, 0.6) is 11.5 Å². The summed E-state index contributed by atoms with van der Waals surface area (Å²) in [6, 6.07) is 13.6. The number of amides is 1. The number of hydrogen-bond acceptors (Lipinski definition) is 6. The van der Waals surface area contributed by atoms with Crippen LogP contribution in [0.2, 0.25) is 0 Å². The van der Waals surface area contributed by atoms with E-state index in [1.165, 1.54) is 6.92 Å². The normalized spacial score (nSPS) is 10.5. The molecule has 5 nitrogen and oxygen atoms in total. The first kappa shape index (κ1) is 19.3. The Labute approximate surface area is 166 Å². The fourth-order valence-corrected chi connectivity index (χ4v) is 4.18. The molecule has 3 aromatic rings. The predicted molar refractivity (Wildman–Crippen MR) is 111 cm³/mol. The lowest BCUT2D eigenvalue weighted by Gasteiger charge is -2.08. The molecule has 7 heteroatoms. The number of hydrogen-bond donors (Lipinski definition) is 1. The molecule has 0 fully saturated rings. The van der Waals surface area contributed by atoms with Gasteiger partial charge < -0.3 is 14.8 Å². The van der Waals surface area contributed by atoms with Gasteiger partial charge in [-0.2, -0.15) is 0 Å². The first-order valence-electron chi connectivity index (χ1n) is 8.26. The Morgan fingerprint density at radius 1 is 1.11 bits per heavy atom. The lowest BCUT2D eigenvalue weighted by Crippen LogP contribution is -2.05. The summed E-state index contributed by atoms with van der Waals surface area (Å²) in [5.74, 6) is 2.11. The Bertz CT molecular complexity index is 923. The smallest absolute Gasteiger partial charge is 0.221 e. The number of nitrogens with one attached hydrogen (secondary N) is 1. The number of rotatable bonds is 7. The van der Waals surface area contributed by atoms with Crippen LogP contribution in [0.15, 0.2) is 52.7 Å². The molecule has 27 heavy (non-hydrogen) atoms. The number of carbonyl (C=O) groups excluding carboxylic acids is 1. The van der Waals surface area contributed by atoms with E-state index in [9.17, 15) is 4.79 Å². The number of thiazole rings is 1. The lowest BCUT2D eigenvalue weighted by atomic mass is 10.2. The summed E-state index contributed by atoms with van der Waals surface area (Å²) in [7, 11) is 3.25. The summed E-state index contributed by atoms with van der Waals surface area (Å²) in [4.78, 5) is 16.9. The minimum absolute atomic E-state index is 0.0689. The van der Waals surface area contributed by atoms with Gasteiger partial charge in [-0.1, -0.05) is 0 Å². The first-order chi connectivity index (χ1) is 13.1. The van der Waals surface area contributed by atoms with E-state index in [-0.39, 0.29) is 5.91 Å². The molecule has 1 aromatic heterocycles. The maximum atomic E-state index is 11.1. The molecule has 0 saturated carbocycles. The Morgan fingerprint density at radius 3 is 2.52 bits per heavy atom. The van der Waals surface area contributed by atoms with Gasteiger partial charge in [-0.3, -0.25) is 4.79 Å². The van der Waals surface area contributed by atoms with Crippen LogP contribution >= 0.6 is 23.1 Å². The second-order valence-corrected chi connectivity index (χ2v) is 7.61. The van der Waals surface area contributed by atoms with Crippen LogP contribution in [0.3, 0.4) is 0 Å². The van der Waals surface area contributed by atoms with Crippen molar-refractivity contribution in [1.82, 2.24) is 4.98 Å². The van der Waals surface area contributed by atoms with Gasteiger partial charge in [0.1, 0.15) is 5.01 Å². The van der Waals surface area contributed by atoms with E-state index in [4.69, 9.17) is 14.5 Å². The quantitative estimate of drug-likeness (QED) is 0.561.